The number of aliphatic hydroxyl groups is 1. The lowest BCUT2D eigenvalue weighted by Crippen LogP contribution is -2.53. The van der Waals surface area contributed by atoms with E-state index in [0.717, 1.165) is 10.8 Å². The fourth-order valence-electron chi connectivity index (χ4n) is 6.68. The number of aliphatic hydroxyl groups excluding tert-OH is 1. The summed E-state index contributed by atoms with van der Waals surface area (Å²) in [5.74, 6) is -2.04. The number of anilines is 1. The molecule has 3 aliphatic heterocycles. The summed E-state index contributed by atoms with van der Waals surface area (Å²) in [5.41, 5.74) is -1.12. The quantitative estimate of drug-likeness (QED) is 0.504. The Balaban J connectivity index is 1.51. The number of ether oxygens (including phenoxy) is 1. The molecule has 5 rings (SSSR count). The number of rotatable bonds is 8. The topological polar surface area (TPSA) is 108 Å². The summed E-state index contributed by atoms with van der Waals surface area (Å²) >= 11 is 0. The molecule has 0 aliphatic carbocycles. The average molecular weight is 480 g/mol. The SMILES string of the molecule is CC[C@]12CCC3(O1)C(C(=O)Nc1ccc4ccccc4c1)N(CCCCO)C(=O)[C@@H]3[C@H]2C(=O)NC. The normalized spacial score (nSPS) is 31.1. The van der Waals surface area contributed by atoms with Crippen molar-refractivity contribution in [3.05, 3.63) is 42.5 Å². The number of carbonyl (C=O) groups is 3. The fraction of sp³-hybridized carbons (Fsp3) is 0.519. The first-order valence-electron chi connectivity index (χ1n) is 12.5. The molecule has 35 heavy (non-hydrogen) atoms. The summed E-state index contributed by atoms with van der Waals surface area (Å²) in [6, 6.07) is 12.8. The Labute approximate surface area is 205 Å². The van der Waals surface area contributed by atoms with Gasteiger partial charge < -0.3 is 25.4 Å². The molecule has 2 aromatic carbocycles. The van der Waals surface area contributed by atoms with E-state index in [1.165, 1.54) is 0 Å². The number of nitrogens with one attached hydrogen (secondary N) is 2. The minimum absolute atomic E-state index is 0.0147. The van der Waals surface area contributed by atoms with E-state index in [0.29, 0.717) is 44.3 Å². The maximum absolute atomic E-state index is 13.9. The van der Waals surface area contributed by atoms with Gasteiger partial charge in [0.2, 0.25) is 17.7 Å². The highest BCUT2D eigenvalue weighted by molar-refractivity contribution is 6.04. The van der Waals surface area contributed by atoms with Gasteiger partial charge in [-0.1, -0.05) is 37.3 Å². The van der Waals surface area contributed by atoms with Crippen molar-refractivity contribution < 1.29 is 24.2 Å². The summed E-state index contributed by atoms with van der Waals surface area (Å²) in [6.45, 7) is 2.32. The molecule has 3 amide bonds. The third-order valence-corrected chi connectivity index (χ3v) is 8.28. The zero-order chi connectivity index (χ0) is 24.8. The molecule has 3 N–H and O–H groups in total. The van der Waals surface area contributed by atoms with Crippen LogP contribution in [0.4, 0.5) is 5.69 Å². The van der Waals surface area contributed by atoms with Gasteiger partial charge in [-0.3, -0.25) is 14.4 Å². The Hall–Kier alpha value is -2.97. The first-order valence-corrected chi connectivity index (χ1v) is 12.5. The minimum Gasteiger partial charge on any atom is -0.396 e. The van der Waals surface area contributed by atoms with Gasteiger partial charge in [-0.05, 0) is 55.0 Å². The van der Waals surface area contributed by atoms with Crippen LogP contribution in [-0.4, -0.2) is 65.2 Å². The third kappa shape index (κ3) is 3.53. The molecule has 1 spiro atoms. The van der Waals surface area contributed by atoms with E-state index in [4.69, 9.17) is 4.74 Å². The van der Waals surface area contributed by atoms with Gasteiger partial charge >= 0.3 is 0 Å². The van der Waals surface area contributed by atoms with Gasteiger partial charge in [0.1, 0.15) is 11.6 Å². The molecule has 3 saturated heterocycles. The molecule has 2 unspecified atom stereocenters. The van der Waals surface area contributed by atoms with Crippen molar-refractivity contribution in [2.75, 3.05) is 25.5 Å². The predicted octanol–water partition coefficient (Wildman–Crippen LogP) is 2.45. The summed E-state index contributed by atoms with van der Waals surface area (Å²) in [7, 11) is 1.58. The van der Waals surface area contributed by atoms with Crippen LogP contribution in [0.25, 0.3) is 10.8 Å². The van der Waals surface area contributed by atoms with E-state index < -0.39 is 29.1 Å². The fourth-order valence-corrected chi connectivity index (χ4v) is 6.68. The molecule has 0 radical (unpaired) electrons. The molecule has 3 aliphatic rings. The molecular weight excluding hydrogens is 446 g/mol. The average Bonchev–Trinajstić information content (AvgIpc) is 3.47. The summed E-state index contributed by atoms with van der Waals surface area (Å²) in [6.07, 6.45) is 2.88. The third-order valence-electron chi connectivity index (χ3n) is 8.28. The van der Waals surface area contributed by atoms with E-state index in [9.17, 15) is 19.5 Å². The second-order valence-corrected chi connectivity index (χ2v) is 9.96. The van der Waals surface area contributed by atoms with E-state index in [1.54, 1.807) is 11.9 Å². The number of unbranched alkanes of at least 4 members (excludes halogenated alkanes) is 1. The number of fused-ring (bicyclic) bond motifs is 2. The molecule has 0 aromatic heterocycles. The monoisotopic (exact) mass is 479 g/mol. The van der Waals surface area contributed by atoms with Gasteiger partial charge in [-0.2, -0.15) is 0 Å². The number of hydrogen-bond donors (Lipinski definition) is 3. The van der Waals surface area contributed by atoms with E-state index in [2.05, 4.69) is 10.6 Å². The Morgan fingerprint density at radius 2 is 1.89 bits per heavy atom. The van der Waals surface area contributed by atoms with Crippen molar-refractivity contribution in [2.45, 2.75) is 56.3 Å². The Kier molecular flexibility index (Phi) is 6.05. The number of nitrogens with zero attached hydrogens (tertiary/aromatic N) is 1. The van der Waals surface area contributed by atoms with E-state index >= 15 is 0 Å². The Morgan fingerprint density at radius 3 is 2.60 bits per heavy atom. The smallest absolute Gasteiger partial charge is 0.250 e. The van der Waals surface area contributed by atoms with Crippen molar-refractivity contribution in [2.24, 2.45) is 11.8 Å². The molecule has 186 valence electrons. The number of hydrogen-bond acceptors (Lipinski definition) is 5. The summed E-state index contributed by atoms with van der Waals surface area (Å²) in [5, 5.41) is 17.1. The van der Waals surface area contributed by atoms with Gasteiger partial charge in [-0.15, -0.1) is 0 Å². The first kappa shape index (κ1) is 23.8. The number of carbonyl (C=O) groups excluding carboxylic acids is 3. The molecule has 3 fully saturated rings. The van der Waals surface area contributed by atoms with Crippen LogP contribution < -0.4 is 10.6 Å². The van der Waals surface area contributed by atoms with Crippen molar-refractivity contribution in [1.29, 1.82) is 0 Å². The van der Waals surface area contributed by atoms with Crippen LogP contribution in [0.2, 0.25) is 0 Å². The van der Waals surface area contributed by atoms with E-state index in [-0.39, 0.29) is 24.3 Å². The summed E-state index contributed by atoms with van der Waals surface area (Å²) < 4.78 is 6.67. The molecule has 8 nitrogen and oxygen atoms in total. The lowest BCUT2D eigenvalue weighted by atomic mass is 9.65. The minimum atomic E-state index is -1.04. The Bertz CT molecular complexity index is 1170. The first-order chi connectivity index (χ1) is 16.9. The van der Waals surface area contributed by atoms with E-state index in [1.807, 2.05) is 49.4 Å². The van der Waals surface area contributed by atoms with Gasteiger partial charge in [0.15, 0.2) is 0 Å². The molecule has 3 heterocycles. The van der Waals surface area contributed by atoms with Crippen molar-refractivity contribution in [3.8, 4) is 0 Å². The number of amides is 3. The van der Waals surface area contributed by atoms with Crippen LogP contribution in [0, 0.1) is 11.8 Å². The second kappa shape index (κ2) is 8.91. The molecule has 5 atom stereocenters. The highest BCUT2D eigenvalue weighted by Crippen LogP contribution is 2.64. The standard InChI is InChI=1S/C27H33N3O5/c1-3-26-12-13-27(35-26)21(20(26)23(32)28-2)25(34)30(14-6-7-15-31)22(27)24(33)29-19-11-10-17-8-4-5-9-18(17)16-19/h4-5,8-11,16,20-22,31H,3,6-7,12-15H2,1-2H3,(H,28,32)(H,29,33)/t20-,21-,22?,26+,27?/m0/s1. The molecule has 2 aromatic rings. The van der Waals surface area contributed by atoms with Crippen molar-refractivity contribution in [3.63, 3.8) is 0 Å². The predicted molar refractivity (Wildman–Crippen MR) is 132 cm³/mol. The highest BCUT2D eigenvalue weighted by atomic mass is 16.5. The lowest BCUT2D eigenvalue weighted by molar-refractivity contribution is -0.145. The lowest BCUT2D eigenvalue weighted by Gasteiger charge is -2.33. The van der Waals surface area contributed by atoms with Gasteiger partial charge in [-0.25, -0.2) is 0 Å². The van der Waals surface area contributed by atoms with Crippen LogP contribution in [0.1, 0.15) is 39.0 Å². The van der Waals surface area contributed by atoms with Gasteiger partial charge in [0.25, 0.3) is 0 Å². The number of benzene rings is 2. The maximum Gasteiger partial charge on any atom is 0.250 e. The Morgan fingerprint density at radius 1 is 1.11 bits per heavy atom. The molecule has 2 bridgehead atoms. The van der Waals surface area contributed by atoms with Crippen molar-refractivity contribution >= 4 is 34.2 Å². The molecule has 8 heteroatoms. The largest absolute Gasteiger partial charge is 0.396 e. The van der Waals surface area contributed by atoms with Crippen LogP contribution in [0.3, 0.4) is 0 Å². The van der Waals surface area contributed by atoms with Crippen LogP contribution in [0.15, 0.2) is 42.5 Å². The highest BCUT2D eigenvalue weighted by Gasteiger charge is 2.78. The van der Waals surface area contributed by atoms with Crippen LogP contribution >= 0.6 is 0 Å². The molecule has 0 saturated carbocycles. The zero-order valence-electron chi connectivity index (χ0n) is 20.3. The maximum atomic E-state index is 13.9. The number of likely N-dealkylation sites (tertiary alicyclic amines) is 1. The van der Waals surface area contributed by atoms with Crippen molar-refractivity contribution in [1.82, 2.24) is 10.2 Å². The molecular formula is C27H33N3O5. The summed E-state index contributed by atoms with van der Waals surface area (Å²) in [4.78, 5) is 42.3. The zero-order valence-corrected chi connectivity index (χ0v) is 20.3. The van der Waals surface area contributed by atoms with Crippen LogP contribution in [-0.2, 0) is 19.1 Å². The second-order valence-electron chi connectivity index (χ2n) is 9.96. The van der Waals surface area contributed by atoms with Gasteiger partial charge in [0, 0.05) is 25.9 Å². The van der Waals surface area contributed by atoms with Crippen LogP contribution in [0.5, 0.6) is 0 Å². The van der Waals surface area contributed by atoms with Gasteiger partial charge in [0.05, 0.1) is 17.4 Å².